The molecule has 7 N–H and O–H groups in total. The Kier molecular flexibility index (Phi) is 7.76. The van der Waals surface area contributed by atoms with Gasteiger partial charge in [-0.05, 0) is 31.6 Å². The first-order chi connectivity index (χ1) is 9.92. The van der Waals surface area contributed by atoms with Crippen molar-refractivity contribution in [3.8, 4) is 0 Å². The summed E-state index contributed by atoms with van der Waals surface area (Å²) < 4.78 is 5.99. The Balaban J connectivity index is 2.75. The average Bonchev–Trinajstić information content (AvgIpc) is 2.82. The van der Waals surface area contributed by atoms with Crippen LogP contribution in [0.4, 0.5) is 0 Å². The van der Waals surface area contributed by atoms with Gasteiger partial charge in [0.1, 0.15) is 0 Å². The minimum atomic E-state index is -0.274. The molecule has 6 atom stereocenters. The quantitative estimate of drug-likeness (QED) is 0.478. The average molecular weight is 300 g/mol. The Labute approximate surface area is 128 Å². The fourth-order valence-electron chi connectivity index (χ4n) is 2.96. The zero-order chi connectivity index (χ0) is 16.0. The molecular formula is C15H32N4O2. The van der Waals surface area contributed by atoms with Gasteiger partial charge in [-0.25, -0.2) is 0 Å². The lowest BCUT2D eigenvalue weighted by Gasteiger charge is -2.25. The highest BCUT2D eigenvalue weighted by atomic mass is 16.5. The highest BCUT2D eigenvalue weighted by molar-refractivity contribution is 5.90. The van der Waals surface area contributed by atoms with Gasteiger partial charge < -0.3 is 27.0 Å². The SMILES string of the molecule is CCC(CC(=NC(C)N)C(N)CN)C1CC(C)C(CO)O1. The molecule has 6 unspecified atom stereocenters. The first-order valence-corrected chi connectivity index (χ1v) is 7.96. The van der Waals surface area contributed by atoms with Crippen LogP contribution in [-0.2, 0) is 4.74 Å². The van der Waals surface area contributed by atoms with E-state index in [4.69, 9.17) is 21.9 Å². The maximum Gasteiger partial charge on any atom is 0.0940 e. The number of aliphatic hydroxyl groups excluding tert-OH is 1. The molecule has 0 amide bonds. The number of ether oxygens (including phenoxy) is 1. The van der Waals surface area contributed by atoms with Gasteiger partial charge in [0.15, 0.2) is 0 Å². The second-order valence-corrected chi connectivity index (χ2v) is 6.18. The van der Waals surface area contributed by atoms with Crippen LogP contribution in [0.25, 0.3) is 0 Å². The Bertz CT molecular complexity index is 336. The van der Waals surface area contributed by atoms with Crippen LogP contribution in [0.3, 0.4) is 0 Å². The standard InChI is InChI=1S/C15H32N4O2/c1-4-11(14-5-9(2)15(8-20)21-14)6-13(12(18)7-16)19-10(3)17/h9-12,14-15,20H,4-8,16-18H2,1-3H3. The summed E-state index contributed by atoms with van der Waals surface area (Å²) in [5, 5.41) is 9.33. The highest BCUT2D eigenvalue weighted by Gasteiger charge is 2.36. The van der Waals surface area contributed by atoms with Crippen LogP contribution in [0.5, 0.6) is 0 Å². The van der Waals surface area contributed by atoms with E-state index in [0.29, 0.717) is 18.4 Å². The molecule has 0 spiro atoms. The largest absolute Gasteiger partial charge is 0.394 e. The van der Waals surface area contributed by atoms with Crippen LogP contribution < -0.4 is 17.2 Å². The Morgan fingerprint density at radius 1 is 1.43 bits per heavy atom. The molecule has 0 aromatic heterocycles. The molecule has 124 valence electrons. The predicted molar refractivity (Wildman–Crippen MR) is 86.0 cm³/mol. The molecule has 0 aromatic carbocycles. The zero-order valence-electron chi connectivity index (χ0n) is 13.5. The summed E-state index contributed by atoms with van der Waals surface area (Å²) in [7, 11) is 0. The van der Waals surface area contributed by atoms with Gasteiger partial charge in [0.25, 0.3) is 0 Å². The topological polar surface area (TPSA) is 120 Å². The normalized spacial score (nSPS) is 31.2. The number of nitrogens with zero attached hydrogens (tertiary/aromatic N) is 1. The predicted octanol–water partition coefficient (Wildman–Crippen LogP) is 0.220. The van der Waals surface area contributed by atoms with Crippen molar-refractivity contribution in [3.05, 3.63) is 0 Å². The Hall–Kier alpha value is -0.530. The summed E-state index contributed by atoms with van der Waals surface area (Å²) in [4.78, 5) is 4.45. The van der Waals surface area contributed by atoms with Crippen molar-refractivity contribution < 1.29 is 9.84 Å². The minimum Gasteiger partial charge on any atom is -0.394 e. The van der Waals surface area contributed by atoms with E-state index in [1.807, 2.05) is 6.92 Å². The third kappa shape index (κ3) is 5.30. The number of nitrogens with two attached hydrogens (primary N) is 3. The molecule has 1 saturated heterocycles. The van der Waals surface area contributed by atoms with E-state index < -0.39 is 0 Å². The summed E-state index contributed by atoms with van der Waals surface area (Å²) in [6.07, 6.45) is 2.51. The molecule has 1 rings (SSSR count). The number of hydrogen-bond acceptors (Lipinski definition) is 6. The van der Waals surface area contributed by atoms with E-state index in [1.54, 1.807) is 0 Å². The summed E-state index contributed by atoms with van der Waals surface area (Å²) >= 11 is 0. The van der Waals surface area contributed by atoms with Crippen molar-refractivity contribution in [1.29, 1.82) is 0 Å². The van der Waals surface area contributed by atoms with Gasteiger partial charge >= 0.3 is 0 Å². The maximum absolute atomic E-state index is 9.33. The zero-order valence-corrected chi connectivity index (χ0v) is 13.5. The van der Waals surface area contributed by atoms with Crippen LogP contribution in [-0.4, -0.2) is 48.4 Å². The highest BCUT2D eigenvalue weighted by Crippen LogP contribution is 2.33. The molecule has 0 bridgehead atoms. The molecule has 0 aliphatic carbocycles. The molecule has 0 saturated carbocycles. The molecule has 6 heteroatoms. The summed E-state index contributed by atoms with van der Waals surface area (Å²) in [5.74, 6) is 0.713. The van der Waals surface area contributed by atoms with E-state index in [2.05, 4.69) is 18.8 Å². The van der Waals surface area contributed by atoms with E-state index in [-0.39, 0.29) is 31.0 Å². The van der Waals surface area contributed by atoms with E-state index in [1.165, 1.54) is 0 Å². The minimum absolute atomic E-state index is 0.0546. The van der Waals surface area contributed by atoms with Gasteiger partial charge in [-0.15, -0.1) is 0 Å². The van der Waals surface area contributed by atoms with E-state index >= 15 is 0 Å². The Morgan fingerprint density at radius 3 is 2.52 bits per heavy atom. The maximum atomic E-state index is 9.33. The number of aliphatic imine (C=N–C) groups is 1. The first kappa shape index (κ1) is 18.5. The molecule has 0 radical (unpaired) electrons. The van der Waals surface area contributed by atoms with E-state index in [9.17, 15) is 5.11 Å². The fourth-order valence-corrected chi connectivity index (χ4v) is 2.96. The summed E-state index contributed by atoms with van der Waals surface area (Å²) in [5.41, 5.74) is 18.4. The van der Waals surface area contributed by atoms with Crippen LogP contribution in [0.1, 0.15) is 40.0 Å². The van der Waals surface area contributed by atoms with Crippen molar-refractivity contribution in [3.63, 3.8) is 0 Å². The first-order valence-electron chi connectivity index (χ1n) is 7.96. The fraction of sp³-hybridized carbons (Fsp3) is 0.933. The van der Waals surface area contributed by atoms with Gasteiger partial charge in [0.05, 0.1) is 31.0 Å². The van der Waals surface area contributed by atoms with Crippen molar-refractivity contribution >= 4 is 5.71 Å². The molecule has 1 heterocycles. The van der Waals surface area contributed by atoms with Crippen molar-refractivity contribution in [2.45, 2.75) is 64.4 Å². The molecular weight excluding hydrogens is 268 g/mol. The van der Waals surface area contributed by atoms with Gasteiger partial charge in [0, 0.05) is 12.3 Å². The monoisotopic (exact) mass is 300 g/mol. The van der Waals surface area contributed by atoms with Gasteiger partial charge in [-0.3, -0.25) is 4.99 Å². The molecule has 1 fully saturated rings. The smallest absolute Gasteiger partial charge is 0.0940 e. The van der Waals surface area contributed by atoms with Crippen molar-refractivity contribution in [2.75, 3.05) is 13.2 Å². The van der Waals surface area contributed by atoms with Crippen LogP contribution >= 0.6 is 0 Å². The molecule has 1 aliphatic rings. The van der Waals surface area contributed by atoms with Crippen LogP contribution in [0.15, 0.2) is 4.99 Å². The van der Waals surface area contributed by atoms with Crippen LogP contribution in [0.2, 0.25) is 0 Å². The van der Waals surface area contributed by atoms with Gasteiger partial charge in [-0.2, -0.15) is 0 Å². The van der Waals surface area contributed by atoms with Crippen molar-refractivity contribution in [1.82, 2.24) is 0 Å². The molecule has 0 aromatic rings. The molecule has 1 aliphatic heterocycles. The van der Waals surface area contributed by atoms with Crippen LogP contribution in [0, 0.1) is 11.8 Å². The number of hydrogen-bond donors (Lipinski definition) is 4. The second-order valence-electron chi connectivity index (χ2n) is 6.18. The second kappa shape index (κ2) is 8.80. The van der Waals surface area contributed by atoms with E-state index in [0.717, 1.165) is 25.0 Å². The third-order valence-corrected chi connectivity index (χ3v) is 4.34. The van der Waals surface area contributed by atoms with Crippen molar-refractivity contribution in [2.24, 2.45) is 34.0 Å². The number of aliphatic hydroxyl groups is 1. The molecule has 6 nitrogen and oxygen atoms in total. The van der Waals surface area contributed by atoms with Gasteiger partial charge in [-0.1, -0.05) is 20.3 Å². The summed E-state index contributed by atoms with van der Waals surface area (Å²) in [6, 6.07) is -0.252. The lowest BCUT2D eigenvalue weighted by atomic mass is 9.87. The Morgan fingerprint density at radius 2 is 2.10 bits per heavy atom. The molecule has 21 heavy (non-hydrogen) atoms. The third-order valence-electron chi connectivity index (χ3n) is 4.34. The summed E-state index contributed by atoms with van der Waals surface area (Å²) in [6.45, 7) is 6.54. The lowest BCUT2D eigenvalue weighted by molar-refractivity contribution is -0.0211. The van der Waals surface area contributed by atoms with Gasteiger partial charge in [0.2, 0.25) is 0 Å². The number of rotatable bonds is 8. The lowest BCUT2D eigenvalue weighted by Crippen LogP contribution is -2.41.